The van der Waals surface area contributed by atoms with Gasteiger partial charge in [-0.05, 0) is 24.3 Å². The van der Waals surface area contributed by atoms with Gasteiger partial charge in [0.25, 0.3) is 5.91 Å². The van der Waals surface area contributed by atoms with Gasteiger partial charge in [-0.15, -0.1) is 0 Å². The maximum absolute atomic E-state index is 12.1. The molecule has 0 aliphatic rings. The standard InChI is InChI=1S/C15H18N4O3/c1-21-8-7-16-14-10-17-13(9-18-14)15(20)19-11-3-5-12(22-2)6-4-11/h3-6,9-10H,7-8H2,1-2H3,(H,16,18)(H,19,20). The van der Waals surface area contributed by atoms with Crippen molar-refractivity contribution in [3.05, 3.63) is 42.4 Å². The topological polar surface area (TPSA) is 85.4 Å². The Bertz CT molecular complexity index is 599. The Morgan fingerprint density at radius 3 is 2.50 bits per heavy atom. The summed E-state index contributed by atoms with van der Waals surface area (Å²) in [6.07, 6.45) is 2.94. The van der Waals surface area contributed by atoms with Crippen LogP contribution in [0.5, 0.6) is 5.75 Å². The molecule has 2 rings (SSSR count). The van der Waals surface area contributed by atoms with Gasteiger partial charge >= 0.3 is 0 Å². The number of ether oxygens (including phenoxy) is 2. The number of nitrogens with one attached hydrogen (secondary N) is 2. The van der Waals surface area contributed by atoms with E-state index in [-0.39, 0.29) is 11.6 Å². The molecule has 0 bridgehead atoms. The van der Waals surface area contributed by atoms with E-state index in [0.717, 1.165) is 5.75 Å². The molecule has 0 spiro atoms. The Hall–Kier alpha value is -2.67. The van der Waals surface area contributed by atoms with Gasteiger partial charge in [-0.25, -0.2) is 9.97 Å². The van der Waals surface area contributed by atoms with Crippen molar-refractivity contribution in [2.75, 3.05) is 38.0 Å². The molecule has 2 N–H and O–H groups in total. The summed E-state index contributed by atoms with van der Waals surface area (Å²) in [5.74, 6) is 1.00. The lowest BCUT2D eigenvalue weighted by molar-refractivity contribution is 0.102. The number of methoxy groups -OCH3 is 2. The molecule has 7 nitrogen and oxygen atoms in total. The van der Waals surface area contributed by atoms with Gasteiger partial charge in [-0.1, -0.05) is 0 Å². The van der Waals surface area contributed by atoms with Crippen molar-refractivity contribution in [2.45, 2.75) is 0 Å². The van der Waals surface area contributed by atoms with E-state index in [1.807, 2.05) is 0 Å². The second-order valence-corrected chi connectivity index (χ2v) is 4.39. The number of carbonyl (C=O) groups excluding carboxylic acids is 1. The molecule has 0 atom stereocenters. The third-order valence-electron chi connectivity index (χ3n) is 2.84. The van der Waals surface area contributed by atoms with Gasteiger partial charge in [0.1, 0.15) is 17.3 Å². The van der Waals surface area contributed by atoms with Gasteiger partial charge in [0.2, 0.25) is 0 Å². The van der Waals surface area contributed by atoms with Crippen LogP contribution in [0.1, 0.15) is 10.5 Å². The highest BCUT2D eigenvalue weighted by atomic mass is 16.5. The maximum atomic E-state index is 12.1. The third kappa shape index (κ3) is 4.42. The second-order valence-electron chi connectivity index (χ2n) is 4.39. The largest absolute Gasteiger partial charge is 0.497 e. The number of anilines is 2. The number of rotatable bonds is 7. The molecule has 0 saturated carbocycles. The lowest BCUT2D eigenvalue weighted by Crippen LogP contribution is -2.15. The molecule has 0 aliphatic carbocycles. The fourth-order valence-corrected chi connectivity index (χ4v) is 1.69. The minimum absolute atomic E-state index is 0.244. The number of amides is 1. The summed E-state index contributed by atoms with van der Waals surface area (Å²) in [7, 11) is 3.21. The molecule has 22 heavy (non-hydrogen) atoms. The SMILES string of the molecule is COCCNc1cnc(C(=O)Nc2ccc(OC)cc2)cn1. The van der Waals surface area contributed by atoms with Crippen LogP contribution in [0.4, 0.5) is 11.5 Å². The molecule has 2 aromatic rings. The molecular formula is C15H18N4O3. The summed E-state index contributed by atoms with van der Waals surface area (Å²) >= 11 is 0. The molecule has 0 unspecified atom stereocenters. The Balaban J connectivity index is 1.94. The van der Waals surface area contributed by atoms with E-state index < -0.39 is 0 Å². The van der Waals surface area contributed by atoms with Gasteiger partial charge < -0.3 is 20.1 Å². The van der Waals surface area contributed by atoms with Crippen LogP contribution in [-0.2, 0) is 4.74 Å². The minimum atomic E-state index is -0.318. The molecule has 116 valence electrons. The number of aromatic nitrogens is 2. The van der Waals surface area contributed by atoms with Crippen LogP contribution in [0, 0.1) is 0 Å². The van der Waals surface area contributed by atoms with Gasteiger partial charge in [-0.3, -0.25) is 4.79 Å². The first-order chi connectivity index (χ1) is 10.7. The summed E-state index contributed by atoms with van der Waals surface area (Å²) < 4.78 is 9.99. The van der Waals surface area contributed by atoms with Crippen molar-refractivity contribution >= 4 is 17.4 Å². The zero-order valence-corrected chi connectivity index (χ0v) is 12.5. The third-order valence-corrected chi connectivity index (χ3v) is 2.84. The van der Waals surface area contributed by atoms with Gasteiger partial charge in [0.15, 0.2) is 0 Å². The fraction of sp³-hybridized carbons (Fsp3) is 0.267. The number of hydrogen-bond acceptors (Lipinski definition) is 6. The normalized spacial score (nSPS) is 10.1. The van der Waals surface area contributed by atoms with Gasteiger partial charge in [-0.2, -0.15) is 0 Å². The van der Waals surface area contributed by atoms with Gasteiger partial charge in [0, 0.05) is 19.3 Å². The predicted molar refractivity (Wildman–Crippen MR) is 83.3 cm³/mol. The van der Waals surface area contributed by atoms with Crippen LogP contribution in [0.3, 0.4) is 0 Å². The van der Waals surface area contributed by atoms with Gasteiger partial charge in [0.05, 0.1) is 26.1 Å². The Morgan fingerprint density at radius 2 is 1.91 bits per heavy atom. The maximum Gasteiger partial charge on any atom is 0.275 e. The average Bonchev–Trinajstić information content (AvgIpc) is 2.56. The molecule has 1 aromatic carbocycles. The molecule has 0 aliphatic heterocycles. The van der Waals surface area contributed by atoms with Crippen LogP contribution >= 0.6 is 0 Å². The Morgan fingerprint density at radius 1 is 1.14 bits per heavy atom. The molecule has 0 fully saturated rings. The highest BCUT2D eigenvalue weighted by Crippen LogP contribution is 2.15. The zero-order valence-electron chi connectivity index (χ0n) is 12.5. The van der Waals surface area contributed by atoms with E-state index in [0.29, 0.717) is 24.7 Å². The average molecular weight is 302 g/mol. The van der Waals surface area contributed by atoms with Crippen molar-refractivity contribution in [1.29, 1.82) is 0 Å². The predicted octanol–water partition coefficient (Wildman–Crippen LogP) is 1.80. The molecule has 1 amide bonds. The first-order valence-electron chi connectivity index (χ1n) is 6.73. The van der Waals surface area contributed by atoms with E-state index in [1.165, 1.54) is 12.4 Å². The van der Waals surface area contributed by atoms with Crippen molar-refractivity contribution in [3.8, 4) is 5.75 Å². The number of benzene rings is 1. The molecule has 1 aromatic heterocycles. The first-order valence-corrected chi connectivity index (χ1v) is 6.73. The van der Waals surface area contributed by atoms with E-state index >= 15 is 0 Å². The quantitative estimate of drug-likeness (QED) is 0.759. The van der Waals surface area contributed by atoms with E-state index in [9.17, 15) is 4.79 Å². The first kappa shape index (κ1) is 15.7. The van der Waals surface area contributed by atoms with Crippen LogP contribution in [-0.4, -0.2) is 43.2 Å². The molecule has 1 heterocycles. The molecule has 0 radical (unpaired) electrons. The van der Waals surface area contributed by atoms with Crippen LogP contribution in [0.2, 0.25) is 0 Å². The fourth-order valence-electron chi connectivity index (χ4n) is 1.69. The highest BCUT2D eigenvalue weighted by molar-refractivity contribution is 6.02. The Labute approximate surface area is 128 Å². The monoisotopic (exact) mass is 302 g/mol. The van der Waals surface area contributed by atoms with Crippen LogP contribution in [0.25, 0.3) is 0 Å². The van der Waals surface area contributed by atoms with E-state index in [1.54, 1.807) is 38.5 Å². The summed E-state index contributed by atoms with van der Waals surface area (Å²) in [6.45, 7) is 1.20. The lowest BCUT2D eigenvalue weighted by Gasteiger charge is -2.07. The smallest absolute Gasteiger partial charge is 0.275 e. The van der Waals surface area contributed by atoms with E-state index in [2.05, 4.69) is 20.6 Å². The molecule has 7 heteroatoms. The Kier molecular flexibility index (Phi) is 5.67. The zero-order chi connectivity index (χ0) is 15.8. The molecule has 0 saturated heterocycles. The number of hydrogen-bond donors (Lipinski definition) is 2. The lowest BCUT2D eigenvalue weighted by atomic mass is 10.3. The summed E-state index contributed by atoms with van der Waals surface area (Å²) in [5, 5.41) is 5.77. The molecular weight excluding hydrogens is 284 g/mol. The summed E-state index contributed by atoms with van der Waals surface area (Å²) in [4.78, 5) is 20.3. The summed E-state index contributed by atoms with van der Waals surface area (Å²) in [5.41, 5.74) is 0.906. The number of nitrogens with zero attached hydrogens (tertiary/aromatic N) is 2. The van der Waals surface area contributed by atoms with Crippen LogP contribution in [0.15, 0.2) is 36.7 Å². The summed E-state index contributed by atoms with van der Waals surface area (Å²) in [6, 6.07) is 7.05. The van der Waals surface area contributed by atoms with Crippen LogP contribution < -0.4 is 15.4 Å². The van der Waals surface area contributed by atoms with Crippen molar-refractivity contribution in [3.63, 3.8) is 0 Å². The van der Waals surface area contributed by atoms with Crippen molar-refractivity contribution < 1.29 is 14.3 Å². The van der Waals surface area contributed by atoms with Crippen molar-refractivity contribution in [2.24, 2.45) is 0 Å². The minimum Gasteiger partial charge on any atom is -0.497 e. The van der Waals surface area contributed by atoms with Crippen molar-refractivity contribution in [1.82, 2.24) is 9.97 Å². The second kappa shape index (κ2) is 7.94. The van der Waals surface area contributed by atoms with E-state index in [4.69, 9.17) is 9.47 Å². The highest BCUT2D eigenvalue weighted by Gasteiger charge is 2.08. The number of carbonyl (C=O) groups is 1.